The second kappa shape index (κ2) is 10.0. The molecule has 1 aliphatic carbocycles. The van der Waals surface area contributed by atoms with Crippen LogP contribution in [0.2, 0.25) is 0 Å². The Hall–Kier alpha value is -3.74. The van der Waals surface area contributed by atoms with E-state index >= 15 is 0 Å². The van der Waals surface area contributed by atoms with Crippen LogP contribution in [0.1, 0.15) is 40.3 Å². The highest BCUT2D eigenvalue weighted by Crippen LogP contribution is 2.37. The number of aromatic amines is 1. The van der Waals surface area contributed by atoms with Crippen LogP contribution in [-0.2, 0) is 24.2 Å². The third kappa shape index (κ3) is 4.78. The number of fused-ring (bicyclic) bond motifs is 2. The fourth-order valence-corrected chi connectivity index (χ4v) is 4.98. The number of nitrogens with one attached hydrogen (secondary N) is 2. The molecule has 1 aliphatic rings. The number of pyridine rings is 1. The standard InChI is InChI=1S/C28H28N4O2/c33-28(31-34)10-6-20-5-8-25-22(17-20)7-9-27(25)32(19-21-11-14-29-15-12-21)16-13-23-18-30-26-4-2-1-3-24(23)26/h1-6,8,10-12,14-15,17-18,27,30,34H,7,9,13,16,19H2,(H,31,33)/b10-6+. The van der Waals surface area contributed by atoms with E-state index in [1.807, 2.05) is 18.5 Å². The van der Waals surface area contributed by atoms with Crippen LogP contribution in [0.5, 0.6) is 0 Å². The van der Waals surface area contributed by atoms with Crippen LogP contribution < -0.4 is 5.48 Å². The predicted molar refractivity (Wildman–Crippen MR) is 133 cm³/mol. The Morgan fingerprint density at radius 1 is 1.18 bits per heavy atom. The summed E-state index contributed by atoms with van der Waals surface area (Å²) in [6.07, 6.45) is 12.0. The summed E-state index contributed by atoms with van der Waals surface area (Å²) in [5.41, 5.74) is 9.06. The van der Waals surface area contributed by atoms with Gasteiger partial charge < -0.3 is 4.98 Å². The Bertz CT molecular complexity index is 1310. The topological polar surface area (TPSA) is 81.2 Å². The van der Waals surface area contributed by atoms with E-state index in [2.05, 4.69) is 69.6 Å². The second-order valence-electron chi connectivity index (χ2n) is 8.76. The average Bonchev–Trinajstić information content (AvgIpc) is 3.49. The van der Waals surface area contributed by atoms with E-state index in [0.29, 0.717) is 6.04 Å². The van der Waals surface area contributed by atoms with E-state index in [9.17, 15) is 4.79 Å². The van der Waals surface area contributed by atoms with Crippen molar-refractivity contribution in [3.05, 3.63) is 107 Å². The lowest BCUT2D eigenvalue weighted by atomic mass is 10.0. The number of nitrogens with zero attached hydrogens (tertiary/aromatic N) is 2. The number of aromatic nitrogens is 2. The lowest BCUT2D eigenvalue weighted by molar-refractivity contribution is -0.124. The highest BCUT2D eigenvalue weighted by atomic mass is 16.5. The van der Waals surface area contributed by atoms with Gasteiger partial charge in [0, 0.05) is 54.7 Å². The molecule has 2 aromatic heterocycles. The molecule has 6 nitrogen and oxygen atoms in total. The number of para-hydroxylation sites is 1. The first-order chi connectivity index (χ1) is 16.7. The molecule has 1 unspecified atom stereocenters. The van der Waals surface area contributed by atoms with Gasteiger partial charge in [0.15, 0.2) is 0 Å². The maximum Gasteiger partial charge on any atom is 0.267 e. The van der Waals surface area contributed by atoms with Crippen molar-refractivity contribution in [1.82, 2.24) is 20.3 Å². The van der Waals surface area contributed by atoms with Gasteiger partial charge in [0.25, 0.3) is 5.91 Å². The summed E-state index contributed by atoms with van der Waals surface area (Å²) < 4.78 is 0. The minimum Gasteiger partial charge on any atom is -0.361 e. The third-order valence-corrected chi connectivity index (χ3v) is 6.67. The Kier molecular flexibility index (Phi) is 6.51. The van der Waals surface area contributed by atoms with Gasteiger partial charge in [-0.25, -0.2) is 5.48 Å². The highest BCUT2D eigenvalue weighted by molar-refractivity contribution is 5.90. The van der Waals surface area contributed by atoms with Gasteiger partial charge in [0.2, 0.25) is 0 Å². The van der Waals surface area contributed by atoms with Gasteiger partial charge in [-0.3, -0.25) is 19.9 Å². The summed E-state index contributed by atoms with van der Waals surface area (Å²) >= 11 is 0. The summed E-state index contributed by atoms with van der Waals surface area (Å²) in [4.78, 5) is 21.5. The fraction of sp³-hybridized carbons (Fsp3) is 0.214. The molecular weight excluding hydrogens is 424 g/mol. The Balaban J connectivity index is 1.38. The number of benzene rings is 2. The van der Waals surface area contributed by atoms with Crippen molar-refractivity contribution in [1.29, 1.82) is 0 Å². The zero-order valence-electron chi connectivity index (χ0n) is 18.9. The van der Waals surface area contributed by atoms with Gasteiger partial charge in [-0.05, 0) is 71.4 Å². The van der Waals surface area contributed by atoms with Crippen molar-refractivity contribution in [2.24, 2.45) is 0 Å². The molecule has 0 saturated heterocycles. The Morgan fingerprint density at radius 2 is 2.03 bits per heavy atom. The summed E-state index contributed by atoms with van der Waals surface area (Å²) in [5, 5.41) is 9.99. The van der Waals surface area contributed by atoms with Crippen molar-refractivity contribution in [2.75, 3.05) is 6.54 Å². The van der Waals surface area contributed by atoms with Crippen LogP contribution in [0.3, 0.4) is 0 Å². The van der Waals surface area contributed by atoms with Crippen LogP contribution in [0.4, 0.5) is 0 Å². The molecule has 0 spiro atoms. The molecule has 0 aliphatic heterocycles. The number of carbonyl (C=O) groups excluding carboxylic acids is 1. The molecule has 1 amide bonds. The van der Waals surface area contributed by atoms with E-state index in [4.69, 9.17) is 5.21 Å². The van der Waals surface area contributed by atoms with Crippen LogP contribution in [0.15, 0.2) is 79.3 Å². The maximum atomic E-state index is 11.3. The summed E-state index contributed by atoms with van der Waals surface area (Å²) in [6, 6.07) is 19.4. The molecule has 0 bridgehead atoms. The summed E-state index contributed by atoms with van der Waals surface area (Å²) in [5.74, 6) is -0.529. The van der Waals surface area contributed by atoms with Crippen LogP contribution in [0, 0.1) is 0 Å². The number of hydrogen-bond donors (Lipinski definition) is 3. The molecule has 0 saturated carbocycles. The molecular formula is C28H28N4O2. The van der Waals surface area contributed by atoms with Crippen molar-refractivity contribution in [2.45, 2.75) is 31.8 Å². The van der Waals surface area contributed by atoms with Crippen molar-refractivity contribution < 1.29 is 10.0 Å². The lowest BCUT2D eigenvalue weighted by Crippen LogP contribution is -2.29. The molecule has 0 radical (unpaired) electrons. The third-order valence-electron chi connectivity index (χ3n) is 6.67. The molecule has 3 N–H and O–H groups in total. The van der Waals surface area contributed by atoms with E-state index in [-0.39, 0.29) is 0 Å². The van der Waals surface area contributed by atoms with Gasteiger partial charge in [0.05, 0.1) is 0 Å². The molecule has 2 heterocycles. The Labute approximate surface area is 198 Å². The quantitative estimate of drug-likeness (QED) is 0.204. The molecule has 6 heteroatoms. The van der Waals surface area contributed by atoms with Crippen molar-refractivity contribution in [3.8, 4) is 0 Å². The first kappa shape index (κ1) is 22.1. The van der Waals surface area contributed by atoms with E-state index < -0.39 is 5.91 Å². The zero-order chi connectivity index (χ0) is 23.3. The van der Waals surface area contributed by atoms with E-state index in [1.165, 1.54) is 39.2 Å². The monoisotopic (exact) mass is 452 g/mol. The first-order valence-corrected chi connectivity index (χ1v) is 11.6. The number of hydroxylamine groups is 1. The van der Waals surface area contributed by atoms with Gasteiger partial charge in [-0.2, -0.15) is 0 Å². The zero-order valence-corrected chi connectivity index (χ0v) is 18.9. The van der Waals surface area contributed by atoms with Gasteiger partial charge >= 0.3 is 0 Å². The van der Waals surface area contributed by atoms with Gasteiger partial charge in [-0.15, -0.1) is 0 Å². The highest BCUT2D eigenvalue weighted by Gasteiger charge is 2.28. The van der Waals surface area contributed by atoms with E-state index in [1.54, 1.807) is 11.6 Å². The van der Waals surface area contributed by atoms with Crippen molar-refractivity contribution in [3.63, 3.8) is 0 Å². The second-order valence-corrected chi connectivity index (χ2v) is 8.76. The predicted octanol–water partition coefficient (Wildman–Crippen LogP) is 4.81. The average molecular weight is 453 g/mol. The Morgan fingerprint density at radius 3 is 2.88 bits per heavy atom. The van der Waals surface area contributed by atoms with Crippen LogP contribution in [0.25, 0.3) is 17.0 Å². The van der Waals surface area contributed by atoms with Crippen LogP contribution >= 0.6 is 0 Å². The van der Waals surface area contributed by atoms with E-state index in [0.717, 1.165) is 37.9 Å². The number of amides is 1. The smallest absolute Gasteiger partial charge is 0.267 e. The minimum absolute atomic E-state index is 0.340. The molecule has 1 atom stereocenters. The van der Waals surface area contributed by atoms with Crippen molar-refractivity contribution >= 4 is 22.9 Å². The fourth-order valence-electron chi connectivity index (χ4n) is 4.98. The summed E-state index contributed by atoms with van der Waals surface area (Å²) in [6.45, 7) is 1.82. The number of carbonyl (C=O) groups is 1. The molecule has 5 rings (SSSR count). The minimum atomic E-state index is -0.529. The van der Waals surface area contributed by atoms with Crippen LogP contribution in [-0.4, -0.2) is 32.5 Å². The summed E-state index contributed by atoms with van der Waals surface area (Å²) in [7, 11) is 0. The molecule has 34 heavy (non-hydrogen) atoms. The number of rotatable bonds is 8. The molecule has 4 aromatic rings. The maximum absolute atomic E-state index is 11.3. The van der Waals surface area contributed by atoms with Gasteiger partial charge in [-0.1, -0.05) is 36.4 Å². The number of hydrogen-bond acceptors (Lipinski definition) is 4. The number of H-pyrrole nitrogens is 1. The molecule has 172 valence electrons. The lowest BCUT2D eigenvalue weighted by Gasteiger charge is -2.30. The molecule has 2 aromatic carbocycles. The molecule has 0 fully saturated rings. The van der Waals surface area contributed by atoms with Gasteiger partial charge in [0.1, 0.15) is 0 Å². The largest absolute Gasteiger partial charge is 0.361 e. The number of aryl methyl sites for hydroxylation is 1. The first-order valence-electron chi connectivity index (χ1n) is 11.6. The SMILES string of the molecule is O=C(/C=C/c1ccc2c(c1)CCC2N(CCc1c[nH]c2ccccc12)Cc1ccncc1)NO. The normalized spacial score (nSPS) is 15.3.